The number of hydrogen-bond acceptors (Lipinski definition) is 5. The van der Waals surface area contributed by atoms with Crippen LogP contribution in [-0.4, -0.2) is 9.91 Å². The Labute approximate surface area is 124 Å². The van der Waals surface area contributed by atoms with Crippen LogP contribution < -0.4 is 10.3 Å². The average Bonchev–Trinajstić information content (AvgIpc) is 2.97. The Bertz CT molecular complexity index is 773. The fraction of sp³-hybridized carbons (Fsp3) is 0. The number of aromatic amines is 1. The predicted octanol–water partition coefficient (Wildman–Crippen LogP) is 3.28. The summed E-state index contributed by atoms with van der Waals surface area (Å²) in [4.78, 5) is 17.8. The number of thiazole rings is 1. The first-order chi connectivity index (χ1) is 10.2. The molecule has 0 unspecified atom stereocenters. The molecule has 21 heavy (non-hydrogen) atoms. The summed E-state index contributed by atoms with van der Waals surface area (Å²) in [7, 11) is 0. The van der Waals surface area contributed by atoms with Crippen LogP contribution in [0.25, 0.3) is 11.3 Å². The van der Waals surface area contributed by atoms with Crippen molar-refractivity contribution in [2.24, 2.45) is 0 Å². The zero-order valence-electron chi connectivity index (χ0n) is 10.8. The number of hydrogen-bond donors (Lipinski definition) is 1. The lowest BCUT2D eigenvalue weighted by molar-refractivity contribution is -0.384. The van der Waals surface area contributed by atoms with Gasteiger partial charge in [-0.15, -0.1) is 11.3 Å². The summed E-state index contributed by atoms with van der Waals surface area (Å²) >= 11 is 1.45. The standard InChI is InChI=1S/C14H10N4O2S/c19-18(20)12-5-1-4-11(7-12)16-14-17-13(9-21-14)10-3-2-6-15-8-10/h1-9H,(H,16,17)/p+1. The number of H-pyrrole nitrogens is 1. The maximum Gasteiger partial charge on any atom is 0.271 e. The molecule has 2 heterocycles. The molecule has 0 aliphatic rings. The third-order valence-corrected chi connectivity index (χ3v) is 3.57. The van der Waals surface area contributed by atoms with E-state index in [0.717, 1.165) is 11.3 Å². The minimum Gasteiger partial charge on any atom is -0.331 e. The normalized spacial score (nSPS) is 10.3. The Hall–Kier alpha value is -2.80. The molecule has 0 aliphatic carbocycles. The van der Waals surface area contributed by atoms with E-state index in [4.69, 9.17) is 0 Å². The highest BCUT2D eigenvalue weighted by molar-refractivity contribution is 7.14. The van der Waals surface area contributed by atoms with Crippen molar-refractivity contribution in [3.05, 3.63) is 64.3 Å². The van der Waals surface area contributed by atoms with Gasteiger partial charge >= 0.3 is 0 Å². The van der Waals surface area contributed by atoms with Crippen LogP contribution in [-0.2, 0) is 0 Å². The summed E-state index contributed by atoms with van der Waals surface area (Å²) in [6.45, 7) is 0. The average molecular weight is 299 g/mol. The van der Waals surface area contributed by atoms with Crippen LogP contribution in [0.2, 0.25) is 0 Å². The lowest BCUT2D eigenvalue weighted by Crippen LogP contribution is -1.98. The molecule has 0 bridgehead atoms. The van der Waals surface area contributed by atoms with Crippen LogP contribution in [0.4, 0.5) is 16.5 Å². The Morgan fingerprint density at radius 3 is 2.95 bits per heavy atom. The SMILES string of the molecule is O=[N+]([O-])c1cccc(Nc2nc(-c3ccc[nH+]c3)cs2)c1. The van der Waals surface area contributed by atoms with Gasteiger partial charge in [0.15, 0.2) is 17.5 Å². The highest BCUT2D eigenvalue weighted by Gasteiger charge is 2.09. The van der Waals surface area contributed by atoms with Crippen LogP contribution in [0, 0.1) is 10.1 Å². The van der Waals surface area contributed by atoms with Gasteiger partial charge in [0.1, 0.15) is 0 Å². The van der Waals surface area contributed by atoms with Gasteiger partial charge in [0.2, 0.25) is 0 Å². The van der Waals surface area contributed by atoms with E-state index in [0.29, 0.717) is 10.8 Å². The van der Waals surface area contributed by atoms with Crippen LogP contribution in [0.1, 0.15) is 0 Å². The molecule has 0 atom stereocenters. The van der Waals surface area contributed by atoms with Gasteiger partial charge in [0.25, 0.3) is 5.69 Å². The van der Waals surface area contributed by atoms with Crippen molar-refractivity contribution in [3.63, 3.8) is 0 Å². The molecular weight excluding hydrogens is 288 g/mol. The number of nitrogens with one attached hydrogen (secondary N) is 2. The van der Waals surface area contributed by atoms with Gasteiger partial charge in [-0.3, -0.25) is 10.1 Å². The zero-order valence-corrected chi connectivity index (χ0v) is 11.6. The number of pyridine rings is 1. The highest BCUT2D eigenvalue weighted by Crippen LogP contribution is 2.27. The van der Waals surface area contributed by atoms with Crippen LogP contribution >= 0.6 is 11.3 Å². The second-order valence-corrected chi connectivity index (χ2v) is 5.12. The second kappa shape index (κ2) is 5.68. The number of nitro benzene ring substituents is 1. The van der Waals surface area contributed by atoms with Gasteiger partial charge in [-0.2, -0.15) is 0 Å². The van der Waals surface area contributed by atoms with E-state index in [1.807, 2.05) is 29.9 Å². The van der Waals surface area contributed by atoms with Crippen molar-refractivity contribution in [2.45, 2.75) is 0 Å². The van der Waals surface area contributed by atoms with Gasteiger partial charge in [0.05, 0.1) is 16.2 Å². The molecule has 0 radical (unpaired) electrons. The Morgan fingerprint density at radius 1 is 1.29 bits per heavy atom. The summed E-state index contributed by atoms with van der Waals surface area (Å²) in [6, 6.07) is 10.2. The van der Waals surface area contributed by atoms with Gasteiger partial charge in [-0.05, 0) is 12.1 Å². The van der Waals surface area contributed by atoms with E-state index < -0.39 is 4.92 Å². The molecule has 0 saturated heterocycles. The molecule has 3 rings (SSSR count). The van der Waals surface area contributed by atoms with E-state index in [1.54, 1.807) is 12.1 Å². The number of nitro groups is 1. The summed E-state index contributed by atoms with van der Waals surface area (Å²) in [5, 5.41) is 16.5. The minimum absolute atomic E-state index is 0.0504. The third kappa shape index (κ3) is 3.03. The van der Waals surface area contributed by atoms with Crippen molar-refractivity contribution in [1.82, 2.24) is 4.98 Å². The number of nitrogens with zero attached hydrogens (tertiary/aromatic N) is 2. The molecule has 6 nitrogen and oxygen atoms in total. The molecule has 0 spiro atoms. The van der Waals surface area contributed by atoms with Crippen molar-refractivity contribution in [3.8, 4) is 11.3 Å². The summed E-state index contributed by atoms with van der Waals surface area (Å²) < 4.78 is 0. The van der Waals surface area contributed by atoms with Crippen molar-refractivity contribution < 1.29 is 9.91 Å². The molecule has 1 aromatic carbocycles. The Balaban J connectivity index is 1.82. The summed E-state index contributed by atoms with van der Waals surface area (Å²) in [6.07, 6.45) is 3.70. The molecule has 2 aromatic heterocycles. The van der Waals surface area contributed by atoms with E-state index in [9.17, 15) is 10.1 Å². The van der Waals surface area contributed by atoms with Gasteiger partial charge in [0, 0.05) is 29.3 Å². The van der Waals surface area contributed by atoms with Gasteiger partial charge < -0.3 is 5.32 Å². The van der Waals surface area contributed by atoms with Crippen molar-refractivity contribution in [1.29, 1.82) is 0 Å². The number of benzene rings is 1. The van der Waals surface area contributed by atoms with E-state index in [-0.39, 0.29) is 5.69 Å². The fourth-order valence-electron chi connectivity index (χ4n) is 1.84. The van der Waals surface area contributed by atoms with Crippen LogP contribution in [0.15, 0.2) is 54.2 Å². The molecule has 3 aromatic rings. The monoisotopic (exact) mass is 299 g/mol. The molecule has 0 fully saturated rings. The summed E-state index contributed by atoms with van der Waals surface area (Å²) in [5.41, 5.74) is 2.53. The van der Waals surface area contributed by atoms with E-state index in [2.05, 4.69) is 15.3 Å². The van der Waals surface area contributed by atoms with Gasteiger partial charge in [-0.25, -0.2) is 9.97 Å². The lowest BCUT2D eigenvalue weighted by Gasteiger charge is -2.01. The van der Waals surface area contributed by atoms with E-state index in [1.165, 1.54) is 23.5 Å². The Morgan fingerprint density at radius 2 is 2.19 bits per heavy atom. The topological polar surface area (TPSA) is 82.2 Å². The van der Waals surface area contributed by atoms with Gasteiger partial charge in [-0.1, -0.05) is 6.07 Å². The smallest absolute Gasteiger partial charge is 0.271 e. The maximum absolute atomic E-state index is 10.8. The molecule has 0 amide bonds. The fourth-order valence-corrected chi connectivity index (χ4v) is 2.58. The molecule has 0 aliphatic heterocycles. The zero-order chi connectivity index (χ0) is 14.7. The van der Waals surface area contributed by atoms with E-state index >= 15 is 0 Å². The number of anilines is 2. The Kier molecular flexibility index (Phi) is 3.57. The second-order valence-electron chi connectivity index (χ2n) is 4.26. The number of aromatic nitrogens is 2. The molecular formula is C14H11N4O2S+. The molecule has 2 N–H and O–H groups in total. The lowest BCUT2D eigenvalue weighted by atomic mass is 10.2. The summed E-state index contributed by atoms with van der Waals surface area (Å²) in [5.74, 6) is 0. The van der Waals surface area contributed by atoms with Crippen molar-refractivity contribution >= 4 is 27.8 Å². The third-order valence-electron chi connectivity index (χ3n) is 2.82. The largest absolute Gasteiger partial charge is 0.331 e. The molecule has 0 saturated carbocycles. The first-order valence-corrected chi connectivity index (χ1v) is 7.04. The van der Waals surface area contributed by atoms with Crippen molar-refractivity contribution in [2.75, 3.05) is 5.32 Å². The maximum atomic E-state index is 10.8. The predicted molar refractivity (Wildman–Crippen MR) is 80.5 cm³/mol. The van der Waals surface area contributed by atoms with Crippen LogP contribution in [0.5, 0.6) is 0 Å². The first-order valence-electron chi connectivity index (χ1n) is 6.16. The van der Waals surface area contributed by atoms with Crippen LogP contribution in [0.3, 0.4) is 0 Å². The first kappa shape index (κ1) is 13.2. The molecule has 104 valence electrons. The molecule has 7 heteroatoms. The quantitative estimate of drug-likeness (QED) is 0.592. The number of rotatable bonds is 4. The highest BCUT2D eigenvalue weighted by atomic mass is 32.1. The number of non-ortho nitro benzene ring substituents is 1. The minimum atomic E-state index is -0.418.